The highest BCUT2D eigenvalue weighted by atomic mass is 19.2. The molecular formula is C22H23F3N4O3. The molecule has 32 heavy (non-hydrogen) atoms. The van der Waals surface area contributed by atoms with Gasteiger partial charge in [-0.25, -0.2) is 13.2 Å². The number of carbonyl (C=O) groups is 3. The van der Waals surface area contributed by atoms with E-state index in [0.717, 1.165) is 24.5 Å². The predicted octanol–water partition coefficient (Wildman–Crippen LogP) is 2.18. The molecule has 0 aromatic heterocycles. The first-order valence-corrected chi connectivity index (χ1v) is 10.0. The molecule has 2 aromatic carbocycles. The van der Waals surface area contributed by atoms with Crippen molar-refractivity contribution < 1.29 is 27.6 Å². The maximum atomic E-state index is 13.6. The summed E-state index contributed by atoms with van der Waals surface area (Å²) in [7, 11) is 1.55. The number of carbonyl (C=O) groups excluding carboxylic acids is 3. The maximum absolute atomic E-state index is 13.6. The molecule has 1 aliphatic rings. The molecule has 0 spiro atoms. The van der Waals surface area contributed by atoms with Crippen LogP contribution in [0.5, 0.6) is 0 Å². The van der Waals surface area contributed by atoms with Crippen molar-refractivity contribution in [3.63, 3.8) is 0 Å². The number of nitrogens with zero attached hydrogens (tertiary/aromatic N) is 1. The zero-order valence-corrected chi connectivity index (χ0v) is 17.4. The first kappa shape index (κ1) is 23.3. The lowest BCUT2D eigenvalue weighted by Gasteiger charge is -2.21. The van der Waals surface area contributed by atoms with E-state index in [4.69, 9.17) is 0 Å². The first-order valence-electron chi connectivity index (χ1n) is 10.0. The summed E-state index contributed by atoms with van der Waals surface area (Å²) >= 11 is 0. The highest BCUT2D eigenvalue weighted by Gasteiger charge is 2.30. The predicted molar refractivity (Wildman–Crippen MR) is 111 cm³/mol. The highest BCUT2D eigenvalue weighted by molar-refractivity contribution is 5.95. The van der Waals surface area contributed by atoms with Crippen LogP contribution in [0, 0.1) is 17.5 Å². The van der Waals surface area contributed by atoms with Crippen molar-refractivity contribution in [1.29, 1.82) is 0 Å². The third kappa shape index (κ3) is 6.07. The SMILES string of the molecule is CNC(=O)c1ccc(CN(CC(=O)NCC(=O)Nc2ccc(F)c(F)c2F)C2CC2)cc1. The molecule has 1 aliphatic carbocycles. The first-order chi connectivity index (χ1) is 15.3. The maximum Gasteiger partial charge on any atom is 0.251 e. The van der Waals surface area contributed by atoms with Gasteiger partial charge in [0.15, 0.2) is 17.5 Å². The Morgan fingerprint density at radius 2 is 1.66 bits per heavy atom. The van der Waals surface area contributed by atoms with E-state index in [-0.39, 0.29) is 18.5 Å². The van der Waals surface area contributed by atoms with Crippen molar-refractivity contribution in [3.8, 4) is 0 Å². The minimum absolute atomic E-state index is 0.0503. The molecule has 1 saturated carbocycles. The van der Waals surface area contributed by atoms with E-state index in [9.17, 15) is 27.6 Å². The van der Waals surface area contributed by atoms with Gasteiger partial charge in [0, 0.05) is 25.2 Å². The van der Waals surface area contributed by atoms with Gasteiger partial charge in [-0.3, -0.25) is 19.3 Å². The zero-order valence-electron chi connectivity index (χ0n) is 17.4. The van der Waals surface area contributed by atoms with E-state index in [2.05, 4.69) is 16.0 Å². The van der Waals surface area contributed by atoms with Crippen molar-refractivity contribution in [2.45, 2.75) is 25.4 Å². The number of halogens is 3. The molecule has 7 nitrogen and oxygen atoms in total. The topological polar surface area (TPSA) is 90.5 Å². The van der Waals surface area contributed by atoms with E-state index >= 15 is 0 Å². The van der Waals surface area contributed by atoms with Crippen LogP contribution in [0.1, 0.15) is 28.8 Å². The van der Waals surface area contributed by atoms with Gasteiger partial charge in [-0.15, -0.1) is 0 Å². The van der Waals surface area contributed by atoms with Crippen LogP contribution >= 0.6 is 0 Å². The summed E-state index contributed by atoms with van der Waals surface area (Å²) in [6, 6.07) is 8.91. The molecule has 3 amide bonds. The molecule has 0 radical (unpaired) electrons. The Morgan fingerprint density at radius 1 is 0.969 bits per heavy atom. The minimum Gasteiger partial charge on any atom is -0.355 e. The molecule has 0 unspecified atom stereocenters. The summed E-state index contributed by atoms with van der Waals surface area (Å²) in [4.78, 5) is 37.9. The van der Waals surface area contributed by atoms with Crippen molar-refractivity contribution >= 4 is 23.4 Å². The monoisotopic (exact) mass is 448 g/mol. The number of anilines is 1. The van der Waals surface area contributed by atoms with Gasteiger partial charge in [-0.1, -0.05) is 12.1 Å². The number of hydrogen-bond donors (Lipinski definition) is 3. The van der Waals surface area contributed by atoms with Crippen LogP contribution in [0.4, 0.5) is 18.9 Å². The Kier molecular flexibility index (Phi) is 7.47. The second-order valence-electron chi connectivity index (χ2n) is 7.46. The van der Waals surface area contributed by atoms with Crippen LogP contribution < -0.4 is 16.0 Å². The Balaban J connectivity index is 1.50. The third-order valence-electron chi connectivity index (χ3n) is 4.99. The fraction of sp³-hybridized carbons (Fsp3) is 0.318. The van der Waals surface area contributed by atoms with Gasteiger partial charge in [0.1, 0.15) is 0 Å². The molecule has 3 N–H and O–H groups in total. The smallest absolute Gasteiger partial charge is 0.251 e. The summed E-state index contributed by atoms with van der Waals surface area (Å²) in [6.07, 6.45) is 1.92. The third-order valence-corrected chi connectivity index (χ3v) is 4.99. The Hall–Kier alpha value is -3.40. The summed E-state index contributed by atoms with van der Waals surface area (Å²) < 4.78 is 39.8. The fourth-order valence-electron chi connectivity index (χ4n) is 3.13. The highest BCUT2D eigenvalue weighted by Crippen LogP contribution is 2.28. The van der Waals surface area contributed by atoms with E-state index in [1.807, 2.05) is 17.0 Å². The van der Waals surface area contributed by atoms with Gasteiger partial charge in [0.2, 0.25) is 11.8 Å². The van der Waals surface area contributed by atoms with Crippen LogP contribution in [0.15, 0.2) is 36.4 Å². The number of hydrogen-bond acceptors (Lipinski definition) is 4. The summed E-state index contributed by atoms with van der Waals surface area (Å²) in [5.74, 6) is -5.91. The van der Waals surface area contributed by atoms with Gasteiger partial charge in [-0.05, 0) is 42.7 Å². The standard InChI is InChI=1S/C22H23F3N4O3/c1-26-22(32)14-4-2-13(3-5-14)11-29(15-6-7-15)12-19(31)27-10-18(30)28-17-9-8-16(23)20(24)21(17)25/h2-5,8-9,15H,6-7,10-12H2,1H3,(H,26,32)(H,27,31)(H,28,30). The van der Waals surface area contributed by atoms with Crippen LogP contribution in [0.2, 0.25) is 0 Å². The summed E-state index contributed by atoms with van der Waals surface area (Å²) in [6.45, 7) is 0.101. The number of amides is 3. The lowest BCUT2D eigenvalue weighted by molar-refractivity contribution is -0.125. The molecule has 2 aromatic rings. The molecule has 10 heteroatoms. The van der Waals surface area contributed by atoms with Crippen molar-refractivity contribution in [3.05, 3.63) is 65.0 Å². The average Bonchev–Trinajstić information content (AvgIpc) is 3.63. The van der Waals surface area contributed by atoms with Crippen molar-refractivity contribution in [2.24, 2.45) is 0 Å². The number of rotatable bonds is 9. The second kappa shape index (κ2) is 10.3. The van der Waals surface area contributed by atoms with Gasteiger partial charge in [0.05, 0.1) is 18.8 Å². The number of benzene rings is 2. The van der Waals surface area contributed by atoms with Crippen LogP contribution in [0.3, 0.4) is 0 Å². The molecule has 170 valence electrons. The molecule has 1 fully saturated rings. The molecule has 0 heterocycles. The zero-order chi connectivity index (χ0) is 23.3. The molecule has 0 atom stereocenters. The van der Waals surface area contributed by atoms with Crippen LogP contribution in [-0.4, -0.2) is 48.8 Å². The Labute approximate surface area is 183 Å². The lowest BCUT2D eigenvalue weighted by Crippen LogP contribution is -2.41. The molecule has 3 rings (SSSR count). The van der Waals surface area contributed by atoms with Gasteiger partial charge >= 0.3 is 0 Å². The molecule has 0 saturated heterocycles. The summed E-state index contributed by atoms with van der Waals surface area (Å²) in [5.41, 5.74) is 0.960. The lowest BCUT2D eigenvalue weighted by atomic mass is 10.1. The van der Waals surface area contributed by atoms with Crippen molar-refractivity contribution in [2.75, 3.05) is 25.5 Å². The largest absolute Gasteiger partial charge is 0.355 e. The number of nitrogens with one attached hydrogen (secondary N) is 3. The van der Waals surface area contributed by atoms with Crippen LogP contribution in [-0.2, 0) is 16.1 Å². The van der Waals surface area contributed by atoms with E-state index in [1.54, 1.807) is 19.2 Å². The average molecular weight is 448 g/mol. The molecule has 0 bridgehead atoms. The summed E-state index contributed by atoms with van der Waals surface area (Å²) in [5, 5.41) is 7.09. The van der Waals surface area contributed by atoms with E-state index < -0.39 is 41.5 Å². The fourth-order valence-corrected chi connectivity index (χ4v) is 3.13. The quantitative estimate of drug-likeness (QED) is 0.513. The van der Waals surface area contributed by atoms with E-state index in [1.165, 1.54) is 0 Å². The second-order valence-corrected chi connectivity index (χ2v) is 7.46. The van der Waals surface area contributed by atoms with E-state index in [0.29, 0.717) is 18.2 Å². The Bertz CT molecular complexity index is 1010. The van der Waals surface area contributed by atoms with Crippen molar-refractivity contribution in [1.82, 2.24) is 15.5 Å². The minimum atomic E-state index is -1.68. The molecule has 0 aliphatic heterocycles. The normalized spacial score (nSPS) is 13.0. The van der Waals surface area contributed by atoms with Gasteiger partial charge < -0.3 is 16.0 Å². The van der Waals surface area contributed by atoms with Gasteiger partial charge in [0.25, 0.3) is 5.91 Å². The Morgan fingerprint density at radius 3 is 2.28 bits per heavy atom. The van der Waals surface area contributed by atoms with Crippen LogP contribution in [0.25, 0.3) is 0 Å². The molecular weight excluding hydrogens is 425 g/mol. The van der Waals surface area contributed by atoms with Gasteiger partial charge in [-0.2, -0.15) is 0 Å².